The minimum atomic E-state index is -1.71. The Hall–Kier alpha value is -3.22. The number of aliphatic carboxylic acids is 3. The van der Waals surface area contributed by atoms with Crippen LogP contribution in [0.4, 0.5) is 0 Å². The first kappa shape index (κ1) is 29.8. The Morgan fingerprint density at radius 2 is 1.00 bits per heavy atom. The van der Waals surface area contributed by atoms with Gasteiger partial charge in [0.25, 0.3) is 0 Å². The Bertz CT molecular complexity index is 739. The molecule has 3 amide bonds. The summed E-state index contributed by atoms with van der Waals surface area (Å²) in [5, 5.41) is 33.9. The molecule has 0 aliphatic rings. The lowest BCUT2D eigenvalue weighted by Gasteiger charge is -2.24. The molecule has 8 N–H and O–H groups in total. The maximum atomic E-state index is 12.6. The lowest BCUT2D eigenvalue weighted by atomic mass is 10.0. The molecule has 4 atom stereocenters. The van der Waals surface area contributed by atoms with Crippen LogP contribution in [-0.4, -0.2) is 75.1 Å². The van der Waals surface area contributed by atoms with Gasteiger partial charge in [-0.1, -0.05) is 27.7 Å². The minimum Gasteiger partial charge on any atom is -0.481 e. The second kappa shape index (κ2) is 14.0. The van der Waals surface area contributed by atoms with Gasteiger partial charge in [0.05, 0.1) is 18.9 Å². The van der Waals surface area contributed by atoms with E-state index in [0.29, 0.717) is 0 Å². The van der Waals surface area contributed by atoms with Crippen molar-refractivity contribution in [2.24, 2.45) is 17.6 Å². The van der Waals surface area contributed by atoms with Gasteiger partial charge < -0.3 is 37.0 Å². The highest BCUT2D eigenvalue weighted by Gasteiger charge is 2.32. The third kappa shape index (κ3) is 12.4. The van der Waals surface area contributed by atoms with Crippen molar-refractivity contribution < 1.29 is 44.1 Å². The molecule has 0 heterocycles. The molecule has 0 aromatic rings. The molecule has 0 spiro atoms. The monoisotopic (exact) mass is 474 g/mol. The number of hydrogen-bond acceptors (Lipinski definition) is 7. The van der Waals surface area contributed by atoms with Crippen molar-refractivity contribution in [3.8, 4) is 0 Å². The fourth-order valence-electron chi connectivity index (χ4n) is 2.90. The Morgan fingerprint density at radius 1 is 0.636 bits per heavy atom. The van der Waals surface area contributed by atoms with Gasteiger partial charge in [0.15, 0.2) is 0 Å². The lowest BCUT2D eigenvalue weighted by molar-refractivity contribution is -0.145. The van der Waals surface area contributed by atoms with Crippen molar-refractivity contribution in [1.82, 2.24) is 16.0 Å². The quantitative estimate of drug-likeness (QED) is 0.151. The van der Waals surface area contributed by atoms with E-state index in [4.69, 9.17) is 15.9 Å². The summed E-state index contributed by atoms with van der Waals surface area (Å²) in [5.41, 5.74) is 5.75. The highest BCUT2D eigenvalue weighted by molar-refractivity contribution is 5.96. The zero-order valence-electron chi connectivity index (χ0n) is 19.2. The Morgan fingerprint density at radius 3 is 1.33 bits per heavy atom. The summed E-state index contributed by atoms with van der Waals surface area (Å²) in [5.74, 6) is -7.28. The van der Waals surface area contributed by atoms with Crippen molar-refractivity contribution in [2.75, 3.05) is 0 Å². The first-order valence-electron chi connectivity index (χ1n) is 10.5. The van der Waals surface area contributed by atoms with Gasteiger partial charge in [-0.3, -0.25) is 24.0 Å². The molecule has 0 saturated carbocycles. The first-order chi connectivity index (χ1) is 15.1. The van der Waals surface area contributed by atoms with Crippen molar-refractivity contribution in [3.63, 3.8) is 0 Å². The standard InChI is InChI=1S/C20H34N4O9/c1-9(2)5-11(21)17(29)22-12(7-15(25)26)18(30)23-13(8-16(27)28)19(31)24-14(20(32)33)6-10(3)4/h9-14H,5-8,21H2,1-4H3,(H,22,29)(H,23,30)(H,24,31)(H,25,26)(H,27,28)(H,32,33). The lowest BCUT2D eigenvalue weighted by Crippen LogP contribution is -2.58. The van der Waals surface area contributed by atoms with Crippen molar-refractivity contribution >= 4 is 35.6 Å². The van der Waals surface area contributed by atoms with Crippen LogP contribution in [0.15, 0.2) is 0 Å². The van der Waals surface area contributed by atoms with Gasteiger partial charge in [-0.05, 0) is 24.7 Å². The van der Waals surface area contributed by atoms with E-state index in [2.05, 4.69) is 16.0 Å². The van der Waals surface area contributed by atoms with Crippen LogP contribution in [0.1, 0.15) is 53.4 Å². The number of nitrogens with one attached hydrogen (secondary N) is 3. The molecule has 0 aromatic heterocycles. The van der Waals surface area contributed by atoms with Crippen LogP contribution in [0, 0.1) is 11.8 Å². The number of carboxylic acid groups (broad SMARTS) is 3. The average Bonchev–Trinajstić information content (AvgIpc) is 2.64. The van der Waals surface area contributed by atoms with Gasteiger partial charge in [0.2, 0.25) is 17.7 Å². The summed E-state index contributed by atoms with van der Waals surface area (Å²) in [6.45, 7) is 7.07. The van der Waals surface area contributed by atoms with Crippen LogP contribution in [-0.2, 0) is 28.8 Å². The number of nitrogens with two attached hydrogens (primary N) is 1. The molecule has 13 nitrogen and oxygen atoms in total. The fraction of sp³-hybridized carbons (Fsp3) is 0.700. The van der Waals surface area contributed by atoms with Gasteiger partial charge in [-0.2, -0.15) is 0 Å². The van der Waals surface area contributed by atoms with Crippen LogP contribution in [0.5, 0.6) is 0 Å². The molecular formula is C20H34N4O9. The molecule has 0 aliphatic carbocycles. The van der Waals surface area contributed by atoms with Gasteiger partial charge in [-0.25, -0.2) is 4.79 Å². The predicted octanol–water partition coefficient (Wildman–Crippen LogP) is -1.11. The highest BCUT2D eigenvalue weighted by Crippen LogP contribution is 2.07. The molecular weight excluding hydrogens is 440 g/mol. The minimum absolute atomic E-state index is 0.0502. The topological polar surface area (TPSA) is 225 Å². The van der Waals surface area contributed by atoms with E-state index in [1.807, 2.05) is 13.8 Å². The third-order valence-electron chi connectivity index (χ3n) is 4.41. The van der Waals surface area contributed by atoms with E-state index in [1.54, 1.807) is 13.8 Å². The number of amides is 3. The Balaban J connectivity index is 5.54. The third-order valence-corrected chi connectivity index (χ3v) is 4.41. The molecule has 0 aromatic carbocycles. The second-order valence-corrected chi connectivity index (χ2v) is 8.58. The van der Waals surface area contributed by atoms with Gasteiger partial charge in [0.1, 0.15) is 18.1 Å². The second-order valence-electron chi connectivity index (χ2n) is 8.58. The SMILES string of the molecule is CC(C)CC(N)C(=O)NC(CC(=O)O)C(=O)NC(CC(=O)O)C(=O)NC(CC(C)C)C(=O)O. The van der Waals surface area contributed by atoms with E-state index >= 15 is 0 Å². The number of carboxylic acids is 3. The molecule has 0 bridgehead atoms. The molecule has 0 rings (SSSR count). The Labute approximate surface area is 191 Å². The molecule has 0 radical (unpaired) electrons. The van der Waals surface area contributed by atoms with Crippen LogP contribution in [0.25, 0.3) is 0 Å². The zero-order valence-corrected chi connectivity index (χ0v) is 19.2. The molecule has 4 unspecified atom stereocenters. The van der Waals surface area contributed by atoms with E-state index in [0.717, 1.165) is 0 Å². The van der Waals surface area contributed by atoms with Crippen molar-refractivity contribution in [2.45, 2.75) is 77.5 Å². The first-order valence-corrected chi connectivity index (χ1v) is 10.5. The number of carbonyl (C=O) groups excluding carboxylic acids is 3. The molecule has 0 fully saturated rings. The van der Waals surface area contributed by atoms with Gasteiger partial charge >= 0.3 is 17.9 Å². The largest absolute Gasteiger partial charge is 0.481 e. The van der Waals surface area contributed by atoms with Gasteiger partial charge in [0, 0.05) is 0 Å². The molecule has 0 aliphatic heterocycles. The average molecular weight is 475 g/mol. The smallest absolute Gasteiger partial charge is 0.326 e. The van der Waals surface area contributed by atoms with E-state index < -0.39 is 72.6 Å². The Kier molecular flexibility index (Phi) is 12.7. The summed E-state index contributed by atoms with van der Waals surface area (Å²) in [7, 11) is 0. The van der Waals surface area contributed by atoms with E-state index in [9.17, 15) is 33.9 Å². The number of carbonyl (C=O) groups is 6. The van der Waals surface area contributed by atoms with E-state index in [-0.39, 0.29) is 24.7 Å². The zero-order chi connectivity index (χ0) is 25.9. The van der Waals surface area contributed by atoms with Crippen LogP contribution < -0.4 is 21.7 Å². The number of rotatable bonds is 15. The van der Waals surface area contributed by atoms with E-state index in [1.165, 1.54) is 0 Å². The van der Waals surface area contributed by atoms with Crippen molar-refractivity contribution in [3.05, 3.63) is 0 Å². The summed E-state index contributed by atoms with van der Waals surface area (Å²) in [6, 6.07) is -5.68. The normalized spacial score (nSPS) is 14.6. The fourth-order valence-corrected chi connectivity index (χ4v) is 2.90. The predicted molar refractivity (Wildman–Crippen MR) is 115 cm³/mol. The summed E-state index contributed by atoms with van der Waals surface area (Å²) in [6.07, 6.45) is -1.42. The number of hydrogen-bond donors (Lipinski definition) is 7. The van der Waals surface area contributed by atoms with Gasteiger partial charge in [-0.15, -0.1) is 0 Å². The van der Waals surface area contributed by atoms with Crippen LogP contribution >= 0.6 is 0 Å². The molecule has 0 saturated heterocycles. The molecule has 13 heteroatoms. The van der Waals surface area contributed by atoms with Crippen LogP contribution in [0.2, 0.25) is 0 Å². The summed E-state index contributed by atoms with van der Waals surface area (Å²) < 4.78 is 0. The molecule has 33 heavy (non-hydrogen) atoms. The maximum absolute atomic E-state index is 12.6. The van der Waals surface area contributed by atoms with Crippen molar-refractivity contribution in [1.29, 1.82) is 0 Å². The summed E-state index contributed by atoms with van der Waals surface area (Å²) in [4.78, 5) is 71.1. The van der Waals surface area contributed by atoms with Crippen LogP contribution in [0.3, 0.4) is 0 Å². The highest BCUT2D eigenvalue weighted by atomic mass is 16.4. The summed E-state index contributed by atoms with van der Waals surface area (Å²) >= 11 is 0. The molecule has 188 valence electrons. The maximum Gasteiger partial charge on any atom is 0.326 e.